The first-order valence-electron chi connectivity index (χ1n) is 13.1. The van der Waals surface area contributed by atoms with Gasteiger partial charge in [-0.25, -0.2) is 9.37 Å². The lowest BCUT2D eigenvalue weighted by Crippen LogP contribution is -2.48. The zero-order valence-electron chi connectivity index (χ0n) is 21.1. The van der Waals surface area contributed by atoms with E-state index in [4.69, 9.17) is 10.2 Å². The Bertz CT molecular complexity index is 1400. The lowest BCUT2D eigenvalue weighted by molar-refractivity contribution is -0.121. The van der Waals surface area contributed by atoms with E-state index in [1.807, 2.05) is 0 Å². The van der Waals surface area contributed by atoms with Gasteiger partial charge in [-0.1, -0.05) is 43.2 Å². The first kappa shape index (κ1) is 26.4. The number of furan rings is 1. The van der Waals surface area contributed by atoms with E-state index in [9.17, 15) is 18.8 Å². The van der Waals surface area contributed by atoms with Gasteiger partial charge in [0.2, 0.25) is 0 Å². The molecule has 0 unspecified atom stereocenters. The summed E-state index contributed by atoms with van der Waals surface area (Å²) in [5.41, 5.74) is 8.03. The van der Waals surface area contributed by atoms with Crippen molar-refractivity contribution in [1.29, 1.82) is 0 Å². The molecule has 4 N–H and O–H groups in total. The van der Waals surface area contributed by atoms with E-state index in [1.165, 1.54) is 23.9 Å². The molecule has 3 aromatic rings. The molecule has 0 bridgehead atoms. The van der Waals surface area contributed by atoms with E-state index in [0.717, 1.165) is 62.6 Å². The molecule has 0 spiro atoms. The van der Waals surface area contributed by atoms with Crippen LogP contribution in [0.5, 0.6) is 0 Å². The molecule has 0 saturated heterocycles. The number of rotatable bonds is 9. The van der Waals surface area contributed by atoms with Crippen molar-refractivity contribution in [3.05, 3.63) is 69.1 Å². The molecule has 1 aromatic carbocycles. The van der Waals surface area contributed by atoms with E-state index in [2.05, 4.69) is 15.3 Å². The second kappa shape index (κ2) is 11.7. The van der Waals surface area contributed by atoms with Crippen molar-refractivity contribution in [2.75, 3.05) is 6.54 Å². The molecule has 2 heterocycles. The topological polar surface area (TPSA) is 131 Å². The van der Waals surface area contributed by atoms with Crippen LogP contribution in [0.3, 0.4) is 0 Å². The number of ketones is 1. The molecule has 1 amide bonds. The molecular weight excluding hydrogens is 507 g/mol. The standard InChI is InChI=1S/C28H31FN4O4S/c29-20-13-17(9-10-18(20)15-38-28-31-21-8-4-7-19(21)26(35)33-28)23-11-12-24(37-23)27(36)32-25(22(34)14-30)16-5-2-1-3-6-16/h9-13,16,25H,1-8,14-15,30H2,(H,32,36)(H,31,33,35)/t25-/m0/s1. The summed E-state index contributed by atoms with van der Waals surface area (Å²) in [4.78, 5) is 44.8. The zero-order chi connectivity index (χ0) is 26.6. The van der Waals surface area contributed by atoms with Gasteiger partial charge in [-0.05, 0) is 61.8 Å². The van der Waals surface area contributed by atoms with E-state index >= 15 is 0 Å². The van der Waals surface area contributed by atoms with E-state index in [0.29, 0.717) is 27.8 Å². The average molecular weight is 539 g/mol. The number of carbonyl (C=O) groups is 2. The summed E-state index contributed by atoms with van der Waals surface area (Å²) in [7, 11) is 0. The van der Waals surface area contributed by atoms with E-state index < -0.39 is 17.8 Å². The molecule has 0 aliphatic heterocycles. The molecule has 5 rings (SSSR count). The minimum atomic E-state index is -0.634. The third-order valence-electron chi connectivity index (χ3n) is 7.41. The van der Waals surface area contributed by atoms with Gasteiger partial charge < -0.3 is 20.5 Å². The van der Waals surface area contributed by atoms with Crippen LogP contribution in [0.15, 0.2) is 44.7 Å². The highest BCUT2D eigenvalue weighted by Crippen LogP contribution is 2.29. The van der Waals surface area contributed by atoms with E-state index in [1.54, 1.807) is 18.2 Å². The molecule has 0 radical (unpaired) electrons. The van der Waals surface area contributed by atoms with Gasteiger partial charge in [0.15, 0.2) is 16.7 Å². The van der Waals surface area contributed by atoms with Gasteiger partial charge >= 0.3 is 0 Å². The smallest absolute Gasteiger partial charge is 0.287 e. The maximum atomic E-state index is 14.9. The van der Waals surface area contributed by atoms with Crippen molar-refractivity contribution in [2.24, 2.45) is 11.7 Å². The van der Waals surface area contributed by atoms with Crippen molar-refractivity contribution in [2.45, 2.75) is 68.3 Å². The fraction of sp³-hybridized carbons (Fsp3) is 0.429. The number of aromatic amines is 1. The molecule has 1 atom stereocenters. The Labute approximate surface area is 224 Å². The van der Waals surface area contributed by atoms with Crippen molar-refractivity contribution >= 4 is 23.5 Å². The number of aryl methyl sites for hydroxylation is 1. The highest BCUT2D eigenvalue weighted by atomic mass is 32.2. The number of benzene rings is 1. The normalized spacial score (nSPS) is 16.3. The Hall–Kier alpha value is -3.24. The maximum absolute atomic E-state index is 14.9. The Balaban J connectivity index is 1.25. The number of H-pyrrole nitrogens is 1. The SMILES string of the molecule is NCC(=O)[C@@H](NC(=O)c1ccc(-c2ccc(CSc3nc4c(c(=O)[nH]3)CCC4)c(F)c2)o1)C1CCCCC1. The predicted octanol–water partition coefficient (Wildman–Crippen LogP) is 4.16. The molecule has 10 heteroatoms. The molecule has 1 saturated carbocycles. The molecule has 2 aromatic heterocycles. The number of Topliss-reactive ketones (excluding diaryl/α,β-unsaturated/α-hetero) is 1. The van der Waals surface area contributed by atoms with Crippen LogP contribution in [0.4, 0.5) is 4.39 Å². The summed E-state index contributed by atoms with van der Waals surface area (Å²) >= 11 is 1.28. The molecular formula is C28H31FN4O4S. The van der Waals surface area contributed by atoms with Crippen LogP contribution in [0.2, 0.25) is 0 Å². The second-order valence-corrected chi connectivity index (χ2v) is 10.9. The van der Waals surface area contributed by atoms with Gasteiger partial charge in [-0.3, -0.25) is 14.4 Å². The highest BCUT2D eigenvalue weighted by Gasteiger charge is 2.31. The first-order valence-corrected chi connectivity index (χ1v) is 14.1. The van der Waals surface area contributed by atoms with Crippen LogP contribution >= 0.6 is 11.8 Å². The van der Waals surface area contributed by atoms with Gasteiger partial charge in [0.1, 0.15) is 11.6 Å². The number of fused-ring (bicyclic) bond motifs is 1. The molecule has 1 fully saturated rings. The Morgan fingerprint density at radius 3 is 2.74 bits per heavy atom. The van der Waals surface area contributed by atoms with Gasteiger partial charge in [0, 0.05) is 16.9 Å². The zero-order valence-corrected chi connectivity index (χ0v) is 21.9. The third kappa shape index (κ3) is 5.76. The number of nitrogens with two attached hydrogens (primary N) is 1. The molecule has 2 aliphatic carbocycles. The number of halogens is 1. The maximum Gasteiger partial charge on any atom is 0.287 e. The van der Waals surface area contributed by atoms with Gasteiger partial charge in [-0.2, -0.15) is 0 Å². The fourth-order valence-electron chi connectivity index (χ4n) is 5.33. The molecule has 8 nitrogen and oxygen atoms in total. The number of thioether (sulfide) groups is 1. The minimum absolute atomic E-state index is 0.0531. The number of hydrogen-bond donors (Lipinski definition) is 3. The van der Waals surface area contributed by atoms with Crippen LogP contribution in [-0.2, 0) is 23.4 Å². The number of amides is 1. The molecule has 38 heavy (non-hydrogen) atoms. The van der Waals surface area contributed by atoms with Gasteiger partial charge in [-0.15, -0.1) is 0 Å². The van der Waals surface area contributed by atoms with E-state index in [-0.39, 0.29) is 29.6 Å². The van der Waals surface area contributed by atoms with Crippen LogP contribution in [-0.4, -0.2) is 34.2 Å². The fourth-order valence-corrected chi connectivity index (χ4v) is 6.20. The van der Waals surface area contributed by atoms with Crippen molar-refractivity contribution in [3.8, 4) is 11.3 Å². The van der Waals surface area contributed by atoms with Crippen molar-refractivity contribution < 1.29 is 18.4 Å². The number of nitrogens with zero attached hydrogens (tertiary/aromatic N) is 1. The van der Waals surface area contributed by atoms with Crippen LogP contribution in [0.25, 0.3) is 11.3 Å². The van der Waals surface area contributed by atoms with Gasteiger partial charge in [0.05, 0.1) is 18.3 Å². The highest BCUT2D eigenvalue weighted by molar-refractivity contribution is 7.98. The quantitative estimate of drug-likeness (QED) is 0.275. The number of carbonyl (C=O) groups excluding carboxylic acids is 2. The predicted molar refractivity (Wildman–Crippen MR) is 142 cm³/mol. The summed E-state index contributed by atoms with van der Waals surface area (Å²) in [6.45, 7) is -0.132. The third-order valence-corrected chi connectivity index (χ3v) is 8.33. The second-order valence-electron chi connectivity index (χ2n) is 9.93. The summed E-state index contributed by atoms with van der Waals surface area (Å²) in [5, 5.41) is 3.31. The summed E-state index contributed by atoms with van der Waals surface area (Å²) in [5.74, 6) is -0.328. The van der Waals surface area contributed by atoms with Crippen LogP contribution in [0, 0.1) is 11.7 Å². The molecule has 2 aliphatic rings. The average Bonchev–Trinajstić information content (AvgIpc) is 3.62. The van der Waals surface area contributed by atoms with Gasteiger partial charge in [0.25, 0.3) is 11.5 Å². The first-order chi connectivity index (χ1) is 18.4. The Kier molecular flexibility index (Phi) is 8.09. The summed E-state index contributed by atoms with van der Waals surface area (Å²) < 4.78 is 20.7. The van der Waals surface area contributed by atoms with Crippen molar-refractivity contribution in [1.82, 2.24) is 15.3 Å². The van der Waals surface area contributed by atoms with Crippen molar-refractivity contribution in [3.63, 3.8) is 0 Å². The number of nitrogens with one attached hydrogen (secondary N) is 2. The number of aromatic nitrogens is 2. The molecule has 200 valence electrons. The van der Waals surface area contributed by atoms with Crippen LogP contribution in [0.1, 0.15) is 65.9 Å². The summed E-state index contributed by atoms with van der Waals surface area (Å²) in [6, 6.07) is 7.24. The Morgan fingerprint density at radius 2 is 1.97 bits per heavy atom. The van der Waals surface area contributed by atoms with Crippen LogP contribution < -0.4 is 16.6 Å². The minimum Gasteiger partial charge on any atom is -0.451 e. The Morgan fingerprint density at radius 1 is 1.16 bits per heavy atom. The lowest BCUT2D eigenvalue weighted by atomic mass is 9.82. The number of hydrogen-bond acceptors (Lipinski definition) is 7. The largest absolute Gasteiger partial charge is 0.451 e. The lowest BCUT2D eigenvalue weighted by Gasteiger charge is -2.29. The summed E-state index contributed by atoms with van der Waals surface area (Å²) in [6.07, 6.45) is 7.42. The monoisotopic (exact) mass is 538 g/mol.